The predicted molar refractivity (Wildman–Crippen MR) is 165 cm³/mol. The van der Waals surface area contributed by atoms with Gasteiger partial charge < -0.3 is 35.4 Å². The van der Waals surface area contributed by atoms with Gasteiger partial charge in [-0.05, 0) is 109 Å². The number of fused-ring (bicyclic) bond motifs is 7. The Hall–Kier alpha value is -0.540. The highest BCUT2D eigenvalue weighted by molar-refractivity contribution is 5.34. The summed E-state index contributed by atoms with van der Waals surface area (Å²) in [5.74, 6) is 1.13. The van der Waals surface area contributed by atoms with E-state index in [1.807, 2.05) is 0 Å². The van der Waals surface area contributed by atoms with E-state index in [4.69, 9.17) is 4.74 Å². The molecule has 7 heteroatoms. The van der Waals surface area contributed by atoms with Gasteiger partial charge in [-0.1, -0.05) is 60.1 Å². The van der Waals surface area contributed by atoms with E-state index in [1.165, 1.54) is 5.57 Å². The van der Waals surface area contributed by atoms with Crippen molar-refractivity contribution in [3.05, 3.63) is 11.6 Å². The maximum absolute atomic E-state index is 12.3. The van der Waals surface area contributed by atoms with Crippen LogP contribution in [0.15, 0.2) is 11.6 Å². The molecule has 0 bridgehead atoms. The van der Waals surface area contributed by atoms with Gasteiger partial charge >= 0.3 is 0 Å². The fourth-order valence-corrected chi connectivity index (χ4v) is 12.5. The van der Waals surface area contributed by atoms with Crippen LogP contribution in [-0.4, -0.2) is 80.0 Å². The highest BCUT2D eigenvalue weighted by Crippen LogP contribution is 2.76. The number of hydrogen-bond acceptors (Lipinski definition) is 7. The molecule has 246 valence electrons. The van der Waals surface area contributed by atoms with Gasteiger partial charge in [0.15, 0.2) is 0 Å². The SMILES string of the molecule is CC1(C)CC[C@]2(C(O)[C@@H]3OC(CO)[C@H](O)[C@H](O)C3O)CC[C@]3(C)C(=CCC4[C@@]5(C)CC[C@H](O)C(C)(C)C5CC[C@]43C)C2C1. The van der Waals surface area contributed by atoms with Gasteiger partial charge in [0, 0.05) is 5.41 Å². The molecular formula is C36H60O7. The molecule has 5 fully saturated rings. The summed E-state index contributed by atoms with van der Waals surface area (Å²) in [4.78, 5) is 0. The van der Waals surface area contributed by atoms with Crippen molar-refractivity contribution in [3.63, 3.8) is 0 Å². The molecule has 0 aromatic carbocycles. The fourth-order valence-electron chi connectivity index (χ4n) is 12.5. The first-order valence-corrected chi connectivity index (χ1v) is 17.3. The molecule has 1 saturated heterocycles. The minimum atomic E-state index is -1.49. The van der Waals surface area contributed by atoms with Gasteiger partial charge in [-0.25, -0.2) is 0 Å². The van der Waals surface area contributed by atoms with Gasteiger partial charge in [0.1, 0.15) is 30.5 Å². The molecule has 4 saturated carbocycles. The van der Waals surface area contributed by atoms with Crippen molar-refractivity contribution in [2.45, 2.75) is 155 Å². The van der Waals surface area contributed by atoms with Gasteiger partial charge in [-0.2, -0.15) is 0 Å². The third-order valence-corrected chi connectivity index (χ3v) is 15.5. The molecule has 0 amide bonds. The standard InChI is InChI=1S/C36H60O7/c1-31(2)14-16-36(30(42)29-28(41)27(40)26(39)22(19-37)43-29)17-15-34(6)20(21(36)18-31)8-9-24-33(5)12-11-25(38)32(3,4)23(33)10-13-35(24,34)7/h8,21-30,37-42H,9-19H2,1-7H3/t21?,22?,23?,24?,25-,26-,27-,28?,29+,30?,33-,34+,35+,36-/m0/s1. The van der Waals surface area contributed by atoms with Crippen molar-refractivity contribution < 1.29 is 35.4 Å². The molecule has 5 aliphatic carbocycles. The maximum Gasteiger partial charge on any atom is 0.113 e. The molecule has 0 spiro atoms. The average molecular weight is 605 g/mol. The van der Waals surface area contributed by atoms with Crippen LogP contribution in [0.25, 0.3) is 0 Å². The number of ether oxygens (including phenoxy) is 1. The highest BCUT2D eigenvalue weighted by Gasteiger charge is 2.69. The number of aliphatic hydroxyl groups is 6. The molecule has 6 unspecified atom stereocenters. The lowest BCUT2D eigenvalue weighted by molar-refractivity contribution is -0.272. The van der Waals surface area contributed by atoms with Crippen LogP contribution in [0.2, 0.25) is 0 Å². The van der Waals surface area contributed by atoms with E-state index in [9.17, 15) is 30.6 Å². The minimum Gasteiger partial charge on any atom is -0.394 e. The van der Waals surface area contributed by atoms with Gasteiger partial charge in [-0.15, -0.1) is 0 Å². The third-order valence-electron chi connectivity index (χ3n) is 15.5. The van der Waals surface area contributed by atoms with Gasteiger partial charge in [0.05, 0.1) is 18.8 Å². The highest BCUT2D eigenvalue weighted by atomic mass is 16.6. The van der Waals surface area contributed by atoms with E-state index in [2.05, 4.69) is 54.5 Å². The van der Waals surface area contributed by atoms with E-state index in [1.54, 1.807) is 0 Å². The summed E-state index contributed by atoms with van der Waals surface area (Å²) in [6, 6.07) is 0. The number of hydrogen-bond donors (Lipinski definition) is 6. The van der Waals surface area contributed by atoms with Crippen LogP contribution in [0.4, 0.5) is 0 Å². The van der Waals surface area contributed by atoms with Crippen LogP contribution in [0, 0.1) is 50.2 Å². The molecule has 43 heavy (non-hydrogen) atoms. The first kappa shape index (κ1) is 32.4. The van der Waals surface area contributed by atoms with Gasteiger partial charge in [-0.3, -0.25) is 0 Å². The zero-order valence-corrected chi connectivity index (χ0v) is 27.7. The van der Waals surface area contributed by atoms with Crippen molar-refractivity contribution in [2.24, 2.45) is 50.2 Å². The van der Waals surface area contributed by atoms with Crippen LogP contribution >= 0.6 is 0 Å². The van der Waals surface area contributed by atoms with Crippen LogP contribution in [-0.2, 0) is 4.74 Å². The lowest BCUT2D eigenvalue weighted by atomic mass is 9.33. The lowest BCUT2D eigenvalue weighted by Gasteiger charge is -2.72. The molecule has 6 N–H and O–H groups in total. The monoisotopic (exact) mass is 604 g/mol. The van der Waals surface area contributed by atoms with Crippen LogP contribution in [0.3, 0.4) is 0 Å². The van der Waals surface area contributed by atoms with E-state index in [-0.39, 0.29) is 39.1 Å². The van der Waals surface area contributed by atoms with Crippen LogP contribution < -0.4 is 0 Å². The summed E-state index contributed by atoms with van der Waals surface area (Å²) < 4.78 is 6.01. The summed E-state index contributed by atoms with van der Waals surface area (Å²) in [6.45, 7) is 16.3. The molecule has 6 aliphatic rings. The van der Waals surface area contributed by atoms with Crippen molar-refractivity contribution in [1.82, 2.24) is 0 Å². The van der Waals surface area contributed by atoms with Crippen LogP contribution in [0.1, 0.15) is 113 Å². The molecule has 0 radical (unpaired) electrons. The molecule has 7 nitrogen and oxygen atoms in total. The first-order chi connectivity index (χ1) is 19.9. The van der Waals surface area contributed by atoms with E-state index in [0.717, 1.165) is 64.2 Å². The average Bonchev–Trinajstić information content (AvgIpc) is 2.94. The molecular weight excluding hydrogens is 544 g/mol. The summed E-state index contributed by atoms with van der Waals surface area (Å²) in [6.07, 6.45) is 4.49. The maximum atomic E-state index is 12.3. The topological polar surface area (TPSA) is 131 Å². The quantitative estimate of drug-likeness (QED) is 0.264. The molecule has 0 aromatic heterocycles. The minimum absolute atomic E-state index is 0.0270. The van der Waals surface area contributed by atoms with Crippen molar-refractivity contribution >= 4 is 0 Å². The Bertz CT molecular complexity index is 1120. The number of aliphatic hydroxyl groups excluding tert-OH is 6. The Morgan fingerprint density at radius 3 is 2.16 bits per heavy atom. The first-order valence-electron chi connectivity index (χ1n) is 17.3. The summed E-state index contributed by atoms with van der Waals surface area (Å²) in [7, 11) is 0. The van der Waals surface area contributed by atoms with Crippen LogP contribution in [0.5, 0.6) is 0 Å². The zero-order valence-electron chi connectivity index (χ0n) is 27.7. The Morgan fingerprint density at radius 1 is 0.814 bits per heavy atom. The lowest BCUT2D eigenvalue weighted by Crippen LogP contribution is -2.68. The van der Waals surface area contributed by atoms with E-state index < -0.39 is 48.6 Å². The van der Waals surface area contributed by atoms with Crippen molar-refractivity contribution in [2.75, 3.05) is 6.61 Å². The van der Waals surface area contributed by atoms with E-state index in [0.29, 0.717) is 11.8 Å². The second kappa shape index (κ2) is 10.2. The molecule has 6 rings (SSSR count). The summed E-state index contributed by atoms with van der Waals surface area (Å²) in [5, 5.41) is 65.3. The van der Waals surface area contributed by atoms with Crippen molar-refractivity contribution in [3.8, 4) is 0 Å². The third kappa shape index (κ3) is 4.30. The molecule has 1 aliphatic heterocycles. The second-order valence-corrected chi connectivity index (χ2v) is 18.1. The van der Waals surface area contributed by atoms with E-state index >= 15 is 0 Å². The number of rotatable bonds is 3. The van der Waals surface area contributed by atoms with Crippen molar-refractivity contribution in [1.29, 1.82) is 0 Å². The Labute approximate surface area is 259 Å². The molecule has 0 aromatic rings. The Balaban J connectivity index is 1.40. The molecule has 1 heterocycles. The summed E-state index contributed by atoms with van der Waals surface area (Å²) in [5.41, 5.74) is 1.21. The predicted octanol–water partition coefficient (Wildman–Crippen LogP) is 4.35. The zero-order chi connectivity index (χ0) is 31.5. The van der Waals surface area contributed by atoms with Gasteiger partial charge in [0.25, 0.3) is 0 Å². The Kier molecular flexibility index (Phi) is 7.71. The smallest absolute Gasteiger partial charge is 0.113 e. The normalized spacial score (nSPS) is 54.7. The Morgan fingerprint density at radius 2 is 1.49 bits per heavy atom. The fraction of sp³-hybridized carbons (Fsp3) is 0.944. The molecule has 14 atom stereocenters. The second-order valence-electron chi connectivity index (χ2n) is 18.1. The largest absolute Gasteiger partial charge is 0.394 e. The van der Waals surface area contributed by atoms with Gasteiger partial charge in [0.2, 0.25) is 0 Å². The number of allylic oxidation sites excluding steroid dienone is 2. The summed E-state index contributed by atoms with van der Waals surface area (Å²) >= 11 is 0.